The number of carbonyl (C=O) groups is 1. The lowest BCUT2D eigenvalue weighted by atomic mass is 9.90. The van der Waals surface area contributed by atoms with E-state index < -0.39 is 11.5 Å². The normalized spacial score (nSPS) is 27.7. The minimum atomic E-state index is -1.01. The summed E-state index contributed by atoms with van der Waals surface area (Å²) in [4.78, 5) is 11.1. The molecule has 3 nitrogen and oxygen atoms in total. The molecule has 1 fully saturated rings. The second-order valence-electron chi connectivity index (χ2n) is 5.68. The van der Waals surface area contributed by atoms with Gasteiger partial charge in [0.05, 0.1) is 0 Å². The Labute approximate surface area is 115 Å². The van der Waals surface area contributed by atoms with Gasteiger partial charge in [-0.3, -0.25) is 4.79 Å². The fourth-order valence-corrected chi connectivity index (χ4v) is 4.04. The van der Waals surface area contributed by atoms with Gasteiger partial charge in [0.15, 0.2) is 0 Å². The van der Waals surface area contributed by atoms with Crippen LogP contribution < -0.4 is 5.73 Å². The lowest BCUT2D eigenvalue weighted by molar-refractivity contribution is -0.143. The van der Waals surface area contributed by atoms with Gasteiger partial charge in [0.1, 0.15) is 5.54 Å². The molecule has 0 radical (unpaired) electrons. The van der Waals surface area contributed by atoms with Gasteiger partial charge in [-0.25, -0.2) is 0 Å². The van der Waals surface area contributed by atoms with E-state index in [1.807, 2.05) is 18.7 Å². The van der Waals surface area contributed by atoms with Crippen molar-refractivity contribution in [2.24, 2.45) is 11.7 Å². The summed E-state index contributed by atoms with van der Waals surface area (Å²) in [5.74, 6) is 1.05. The summed E-state index contributed by atoms with van der Waals surface area (Å²) in [7, 11) is 0. The number of carboxylic acids is 1. The molecule has 1 aliphatic carbocycles. The second-order valence-corrected chi connectivity index (χ2v) is 7.09. The number of hydrogen-bond acceptors (Lipinski definition) is 3. The summed E-state index contributed by atoms with van der Waals surface area (Å²) in [5.41, 5.74) is 4.86. The van der Waals surface area contributed by atoms with E-state index in [0.29, 0.717) is 12.8 Å². The van der Waals surface area contributed by atoms with E-state index in [1.54, 1.807) is 0 Å². The van der Waals surface area contributed by atoms with Crippen LogP contribution >= 0.6 is 11.8 Å². The Balaban J connectivity index is 2.19. The van der Waals surface area contributed by atoms with Crippen LogP contribution in [-0.4, -0.2) is 27.6 Å². The van der Waals surface area contributed by atoms with E-state index in [0.717, 1.165) is 23.3 Å². The number of hydrogen-bond donors (Lipinski definition) is 2. The zero-order valence-electron chi connectivity index (χ0n) is 11.7. The third-order valence-corrected chi connectivity index (χ3v) is 5.49. The van der Waals surface area contributed by atoms with Crippen LogP contribution in [0.1, 0.15) is 58.8 Å². The molecule has 3 atom stereocenters. The number of rotatable bonds is 7. The molecule has 0 heterocycles. The van der Waals surface area contributed by atoms with Crippen LogP contribution in [0.5, 0.6) is 0 Å². The average molecular weight is 273 g/mol. The van der Waals surface area contributed by atoms with E-state index in [-0.39, 0.29) is 0 Å². The lowest BCUT2D eigenvalue weighted by Gasteiger charge is -2.27. The molecule has 4 heteroatoms. The van der Waals surface area contributed by atoms with Gasteiger partial charge < -0.3 is 10.8 Å². The van der Waals surface area contributed by atoms with Gasteiger partial charge in [0.25, 0.3) is 0 Å². The summed E-state index contributed by atoms with van der Waals surface area (Å²) in [6, 6.07) is 0. The molecular formula is C14H27NO2S. The fraction of sp³-hybridized carbons (Fsp3) is 0.929. The molecule has 0 saturated heterocycles. The van der Waals surface area contributed by atoms with Crippen molar-refractivity contribution in [2.75, 3.05) is 5.75 Å². The Morgan fingerprint density at radius 2 is 2.22 bits per heavy atom. The van der Waals surface area contributed by atoms with Crippen molar-refractivity contribution in [3.63, 3.8) is 0 Å². The summed E-state index contributed by atoms with van der Waals surface area (Å²) >= 11 is 2.02. The standard InChI is InChI=1S/C14H27NO2S/c1-3-14(15,13(16)17)8-5-9-18-12-7-4-6-11(2)10-12/h11-12H,3-10,15H2,1-2H3,(H,16,17). The van der Waals surface area contributed by atoms with E-state index in [2.05, 4.69) is 6.92 Å². The molecule has 18 heavy (non-hydrogen) atoms. The molecule has 1 saturated carbocycles. The van der Waals surface area contributed by atoms with Gasteiger partial charge in [-0.05, 0) is 43.8 Å². The third kappa shape index (κ3) is 4.81. The smallest absolute Gasteiger partial charge is 0.323 e. The highest BCUT2D eigenvalue weighted by molar-refractivity contribution is 7.99. The largest absolute Gasteiger partial charge is 0.480 e. The highest BCUT2D eigenvalue weighted by atomic mass is 32.2. The van der Waals surface area contributed by atoms with Crippen LogP contribution in [0.25, 0.3) is 0 Å². The van der Waals surface area contributed by atoms with Crippen molar-refractivity contribution in [3.05, 3.63) is 0 Å². The minimum absolute atomic E-state index is 0.507. The molecule has 3 unspecified atom stereocenters. The SMILES string of the molecule is CCC(N)(CCCSC1CCCC(C)C1)C(=O)O. The third-order valence-electron chi connectivity index (χ3n) is 4.07. The molecule has 3 N–H and O–H groups in total. The van der Waals surface area contributed by atoms with Crippen molar-refractivity contribution in [1.82, 2.24) is 0 Å². The summed E-state index contributed by atoms with van der Waals surface area (Å²) in [6.45, 7) is 4.18. The molecule has 106 valence electrons. The number of aliphatic carboxylic acids is 1. The molecule has 0 aromatic carbocycles. The molecule has 0 aromatic rings. The Morgan fingerprint density at radius 1 is 1.50 bits per heavy atom. The molecule has 0 aromatic heterocycles. The van der Waals surface area contributed by atoms with Crippen LogP contribution in [0.15, 0.2) is 0 Å². The Morgan fingerprint density at radius 3 is 2.78 bits per heavy atom. The van der Waals surface area contributed by atoms with Crippen molar-refractivity contribution in [3.8, 4) is 0 Å². The first-order chi connectivity index (χ1) is 8.48. The molecule has 0 bridgehead atoms. The molecule has 1 aliphatic rings. The quantitative estimate of drug-likeness (QED) is 0.699. The summed E-state index contributed by atoms with van der Waals surface area (Å²) in [6.07, 6.45) is 7.38. The summed E-state index contributed by atoms with van der Waals surface area (Å²) < 4.78 is 0. The van der Waals surface area contributed by atoms with Crippen LogP contribution in [0.4, 0.5) is 0 Å². The maximum absolute atomic E-state index is 11.1. The zero-order chi connectivity index (χ0) is 13.6. The first kappa shape index (κ1) is 15.8. The van der Waals surface area contributed by atoms with E-state index >= 15 is 0 Å². The van der Waals surface area contributed by atoms with Crippen molar-refractivity contribution < 1.29 is 9.90 Å². The van der Waals surface area contributed by atoms with Crippen LogP contribution in [-0.2, 0) is 4.79 Å². The van der Waals surface area contributed by atoms with Gasteiger partial charge >= 0.3 is 5.97 Å². The maximum atomic E-state index is 11.1. The predicted molar refractivity (Wildman–Crippen MR) is 78.0 cm³/mol. The van der Waals surface area contributed by atoms with Crippen molar-refractivity contribution >= 4 is 17.7 Å². The van der Waals surface area contributed by atoms with Crippen molar-refractivity contribution in [1.29, 1.82) is 0 Å². The van der Waals surface area contributed by atoms with E-state index in [9.17, 15) is 4.79 Å². The van der Waals surface area contributed by atoms with Crippen LogP contribution in [0.3, 0.4) is 0 Å². The van der Waals surface area contributed by atoms with E-state index in [4.69, 9.17) is 10.8 Å². The Kier molecular flexibility index (Phi) is 6.50. The Hall–Kier alpha value is -0.220. The fourth-order valence-electron chi connectivity index (χ4n) is 2.60. The zero-order valence-corrected chi connectivity index (χ0v) is 12.5. The highest BCUT2D eigenvalue weighted by Gasteiger charge is 2.31. The minimum Gasteiger partial charge on any atom is -0.480 e. The van der Waals surface area contributed by atoms with Gasteiger partial charge in [0.2, 0.25) is 0 Å². The topological polar surface area (TPSA) is 63.3 Å². The molecular weight excluding hydrogens is 246 g/mol. The van der Waals surface area contributed by atoms with E-state index in [1.165, 1.54) is 25.7 Å². The van der Waals surface area contributed by atoms with Crippen molar-refractivity contribution in [2.45, 2.75) is 69.6 Å². The molecule has 0 aliphatic heterocycles. The van der Waals surface area contributed by atoms with Crippen LogP contribution in [0.2, 0.25) is 0 Å². The highest BCUT2D eigenvalue weighted by Crippen LogP contribution is 2.32. The van der Waals surface area contributed by atoms with Gasteiger partial charge in [0, 0.05) is 5.25 Å². The first-order valence-corrected chi connectivity index (χ1v) is 8.16. The monoisotopic (exact) mass is 273 g/mol. The Bertz CT molecular complexity index is 273. The average Bonchev–Trinajstić information content (AvgIpc) is 2.34. The lowest BCUT2D eigenvalue weighted by Crippen LogP contribution is -2.47. The van der Waals surface area contributed by atoms with Gasteiger partial charge in [-0.2, -0.15) is 11.8 Å². The predicted octanol–water partition coefficient (Wildman–Crippen LogP) is 3.27. The molecule has 0 amide bonds. The molecule has 0 spiro atoms. The second kappa shape index (κ2) is 7.39. The number of carboxylic acid groups (broad SMARTS) is 1. The van der Waals surface area contributed by atoms with Crippen LogP contribution in [0, 0.1) is 5.92 Å². The van der Waals surface area contributed by atoms with Gasteiger partial charge in [-0.1, -0.05) is 26.7 Å². The molecule has 1 rings (SSSR count). The number of thioether (sulfide) groups is 1. The number of nitrogens with two attached hydrogens (primary N) is 1. The van der Waals surface area contributed by atoms with Gasteiger partial charge in [-0.15, -0.1) is 0 Å². The maximum Gasteiger partial charge on any atom is 0.323 e. The summed E-state index contributed by atoms with van der Waals surface area (Å²) in [5, 5.41) is 9.87. The first-order valence-electron chi connectivity index (χ1n) is 7.12.